The molecule has 2 aromatic carbocycles. The molecule has 1 aromatic heterocycles. The van der Waals surface area contributed by atoms with Crippen LogP contribution >= 0.6 is 0 Å². The molecule has 156 valence electrons. The highest BCUT2D eigenvalue weighted by atomic mass is 16.5. The maximum Gasteiger partial charge on any atom is 0.319 e. The fourth-order valence-electron chi connectivity index (χ4n) is 2.89. The number of carbonyl (C=O) groups excluding carboxylic acids is 2. The number of para-hydroxylation sites is 1. The van der Waals surface area contributed by atoms with E-state index in [0.717, 1.165) is 6.42 Å². The lowest BCUT2D eigenvalue weighted by Crippen LogP contribution is -2.29. The zero-order chi connectivity index (χ0) is 21.3. The molecular formula is C22H24N4O4. The van der Waals surface area contributed by atoms with Gasteiger partial charge in [0.15, 0.2) is 0 Å². The predicted octanol–water partition coefficient (Wildman–Crippen LogP) is 3.38. The molecular weight excluding hydrogens is 384 g/mol. The lowest BCUT2D eigenvalue weighted by Gasteiger charge is -2.09. The van der Waals surface area contributed by atoms with E-state index in [2.05, 4.69) is 20.6 Å². The number of benzene rings is 2. The monoisotopic (exact) mass is 408 g/mol. The van der Waals surface area contributed by atoms with E-state index in [1.807, 2.05) is 13.0 Å². The first-order chi connectivity index (χ1) is 14.5. The molecule has 30 heavy (non-hydrogen) atoms. The molecule has 3 rings (SSSR count). The summed E-state index contributed by atoms with van der Waals surface area (Å²) in [6.07, 6.45) is 1.95. The molecule has 1 heterocycles. The van der Waals surface area contributed by atoms with Crippen LogP contribution in [0.5, 0.6) is 5.75 Å². The summed E-state index contributed by atoms with van der Waals surface area (Å²) in [5.41, 5.74) is 0.975. The first-order valence-corrected chi connectivity index (χ1v) is 9.88. The van der Waals surface area contributed by atoms with Gasteiger partial charge in [-0.15, -0.1) is 0 Å². The summed E-state index contributed by atoms with van der Waals surface area (Å²) in [5, 5.41) is 5.94. The van der Waals surface area contributed by atoms with Crippen molar-refractivity contribution in [3.05, 3.63) is 64.7 Å². The van der Waals surface area contributed by atoms with Gasteiger partial charge in [-0.3, -0.25) is 9.59 Å². The Kier molecular flexibility index (Phi) is 7.15. The van der Waals surface area contributed by atoms with E-state index in [1.54, 1.807) is 42.5 Å². The Morgan fingerprint density at radius 3 is 2.80 bits per heavy atom. The molecule has 0 aliphatic carbocycles. The molecule has 0 radical (unpaired) electrons. The van der Waals surface area contributed by atoms with E-state index in [-0.39, 0.29) is 18.0 Å². The third kappa shape index (κ3) is 5.91. The van der Waals surface area contributed by atoms with Crippen LogP contribution in [0.25, 0.3) is 10.9 Å². The summed E-state index contributed by atoms with van der Waals surface area (Å²) in [6, 6.07) is 13.5. The molecule has 0 aliphatic rings. The number of urea groups is 1. The summed E-state index contributed by atoms with van der Waals surface area (Å²) in [4.78, 5) is 43.1. The number of ether oxygens (including phenoxy) is 1. The third-order valence-corrected chi connectivity index (χ3v) is 4.32. The van der Waals surface area contributed by atoms with Crippen molar-refractivity contribution in [3.63, 3.8) is 0 Å². The van der Waals surface area contributed by atoms with E-state index in [0.29, 0.717) is 47.6 Å². The Bertz CT molecular complexity index is 1090. The summed E-state index contributed by atoms with van der Waals surface area (Å²) < 4.78 is 5.35. The predicted molar refractivity (Wildman–Crippen MR) is 115 cm³/mol. The average Bonchev–Trinajstić information content (AvgIpc) is 2.72. The van der Waals surface area contributed by atoms with Crippen LogP contribution in [0.4, 0.5) is 10.5 Å². The number of carbonyl (C=O) groups is 2. The van der Waals surface area contributed by atoms with Crippen molar-refractivity contribution in [2.75, 3.05) is 11.9 Å². The van der Waals surface area contributed by atoms with Gasteiger partial charge in [0.05, 0.1) is 10.9 Å². The highest BCUT2D eigenvalue weighted by Crippen LogP contribution is 2.18. The lowest BCUT2D eigenvalue weighted by molar-refractivity contribution is -0.134. The molecule has 8 heteroatoms. The van der Waals surface area contributed by atoms with Crippen molar-refractivity contribution in [3.8, 4) is 5.75 Å². The Morgan fingerprint density at radius 2 is 1.97 bits per heavy atom. The second kappa shape index (κ2) is 10.2. The van der Waals surface area contributed by atoms with E-state index in [9.17, 15) is 14.4 Å². The zero-order valence-electron chi connectivity index (χ0n) is 16.7. The van der Waals surface area contributed by atoms with Crippen LogP contribution in [0.2, 0.25) is 0 Å². The fraction of sp³-hybridized carbons (Fsp3) is 0.273. The number of aromatic nitrogens is 2. The SMILES string of the molecule is CCCNC(=O)Nc1cccc(OC(=O)CCCc2nc3ccccc3c(=O)[nH]2)c1. The Hall–Kier alpha value is -3.68. The largest absolute Gasteiger partial charge is 0.426 e. The smallest absolute Gasteiger partial charge is 0.319 e. The van der Waals surface area contributed by atoms with Gasteiger partial charge in [-0.2, -0.15) is 0 Å². The van der Waals surface area contributed by atoms with Crippen LogP contribution in [0.1, 0.15) is 32.0 Å². The first kappa shape index (κ1) is 21.0. The van der Waals surface area contributed by atoms with Crippen molar-refractivity contribution in [2.24, 2.45) is 0 Å². The molecule has 0 unspecified atom stereocenters. The van der Waals surface area contributed by atoms with Gasteiger partial charge in [-0.1, -0.05) is 25.1 Å². The second-order valence-corrected chi connectivity index (χ2v) is 6.77. The standard InChI is InChI=1S/C22H24N4O4/c1-2-13-23-22(29)24-15-7-5-8-16(14-15)30-20(27)12-6-11-19-25-18-10-4-3-9-17(18)21(28)26-19/h3-5,7-10,14H,2,6,11-13H2,1H3,(H2,23,24,29)(H,25,26,28). The molecule has 0 aliphatic heterocycles. The van der Waals surface area contributed by atoms with Gasteiger partial charge in [0.1, 0.15) is 11.6 Å². The van der Waals surface area contributed by atoms with Crippen LogP contribution in [0.15, 0.2) is 53.3 Å². The molecule has 0 bridgehead atoms. The molecule has 0 spiro atoms. The maximum atomic E-state index is 12.1. The van der Waals surface area contributed by atoms with Gasteiger partial charge >= 0.3 is 12.0 Å². The minimum atomic E-state index is -0.397. The number of rotatable bonds is 8. The normalized spacial score (nSPS) is 10.6. The van der Waals surface area contributed by atoms with Crippen molar-refractivity contribution in [1.29, 1.82) is 0 Å². The topological polar surface area (TPSA) is 113 Å². The highest BCUT2D eigenvalue weighted by molar-refractivity contribution is 5.89. The highest BCUT2D eigenvalue weighted by Gasteiger charge is 2.09. The summed E-state index contributed by atoms with van der Waals surface area (Å²) >= 11 is 0. The summed E-state index contributed by atoms with van der Waals surface area (Å²) in [7, 11) is 0. The second-order valence-electron chi connectivity index (χ2n) is 6.77. The van der Waals surface area contributed by atoms with Crippen molar-refractivity contribution < 1.29 is 14.3 Å². The molecule has 0 saturated carbocycles. The van der Waals surface area contributed by atoms with Gasteiger partial charge in [0, 0.05) is 31.1 Å². The summed E-state index contributed by atoms with van der Waals surface area (Å²) in [5.74, 6) is 0.493. The van der Waals surface area contributed by atoms with Crippen molar-refractivity contribution in [2.45, 2.75) is 32.6 Å². The van der Waals surface area contributed by atoms with Gasteiger partial charge in [-0.05, 0) is 37.1 Å². The van der Waals surface area contributed by atoms with Crippen LogP contribution in [-0.2, 0) is 11.2 Å². The number of esters is 1. The fourth-order valence-corrected chi connectivity index (χ4v) is 2.89. The van der Waals surface area contributed by atoms with Gasteiger partial charge in [-0.25, -0.2) is 9.78 Å². The van der Waals surface area contributed by atoms with Crippen LogP contribution in [-0.4, -0.2) is 28.5 Å². The van der Waals surface area contributed by atoms with Crippen LogP contribution in [0, 0.1) is 0 Å². The molecule has 0 saturated heterocycles. The number of hydrogen-bond acceptors (Lipinski definition) is 5. The molecule has 0 fully saturated rings. The number of fused-ring (bicyclic) bond motifs is 1. The average molecular weight is 408 g/mol. The van der Waals surface area contributed by atoms with Gasteiger partial charge < -0.3 is 20.4 Å². The quantitative estimate of drug-likeness (QED) is 0.391. The number of hydrogen-bond donors (Lipinski definition) is 3. The van der Waals surface area contributed by atoms with Gasteiger partial charge in [0.2, 0.25) is 0 Å². The number of aryl methyl sites for hydroxylation is 1. The minimum Gasteiger partial charge on any atom is -0.426 e. The van der Waals surface area contributed by atoms with E-state index < -0.39 is 5.97 Å². The molecule has 3 N–H and O–H groups in total. The zero-order valence-corrected chi connectivity index (χ0v) is 16.7. The van der Waals surface area contributed by atoms with E-state index >= 15 is 0 Å². The Balaban J connectivity index is 1.51. The number of anilines is 1. The molecule has 0 atom stereocenters. The molecule has 3 aromatic rings. The van der Waals surface area contributed by atoms with Gasteiger partial charge in [0.25, 0.3) is 5.56 Å². The number of nitrogens with one attached hydrogen (secondary N) is 3. The number of nitrogens with zero attached hydrogens (tertiary/aromatic N) is 1. The number of amides is 2. The van der Waals surface area contributed by atoms with Crippen molar-refractivity contribution >= 4 is 28.6 Å². The van der Waals surface area contributed by atoms with E-state index in [1.165, 1.54) is 0 Å². The van der Waals surface area contributed by atoms with Crippen molar-refractivity contribution in [1.82, 2.24) is 15.3 Å². The number of aromatic amines is 1. The maximum absolute atomic E-state index is 12.1. The Morgan fingerprint density at radius 1 is 1.13 bits per heavy atom. The first-order valence-electron chi connectivity index (χ1n) is 9.88. The van der Waals surface area contributed by atoms with Crippen LogP contribution < -0.4 is 20.9 Å². The molecule has 8 nitrogen and oxygen atoms in total. The van der Waals surface area contributed by atoms with Crippen LogP contribution in [0.3, 0.4) is 0 Å². The molecule has 2 amide bonds. The minimum absolute atomic E-state index is 0.172. The summed E-state index contributed by atoms with van der Waals surface area (Å²) in [6.45, 7) is 2.55. The lowest BCUT2D eigenvalue weighted by atomic mass is 10.2. The van der Waals surface area contributed by atoms with E-state index in [4.69, 9.17) is 4.74 Å². The third-order valence-electron chi connectivity index (χ3n) is 4.32. The Labute approximate surface area is 173 Å². The number of H-pyrrole nitrogens is 1.